The minimum Gasteiger partial charge on any atom is -0.481 e. The zero-order chi connectivity index (χ0) is 82.7. The number of nitrogens with two attached hydrogens (primary N) is 3. The van der Waals surface area contributed by atoms with Gasteiger partial charge in [0.2, 0.25) is 70.9 Å². The Bertz CT molecular complexity index is 4050. The van der Waals surface area contributed by atoms with Gasteiger partial charge in [-0.3, -0.25) is 81.9 Å². The molecule has 43 heteroatoms. The van der Waals surface area contributed by atoms with Crippen molar-refractivity contribution in [1.29, 1.82) is 5.41 Å². The number of aliphatic hydroxyl groups excluding tert-OH is 1. The van der Waals surface area contributed by atoms with Gasteiger partial charge < -0.3 is 111 Å². The number of para-hydroxylation sites is 1. The molecule has 0 unspecified atom stereocenters. The molecule has 1 aromatic heterocycles. The van der Waals surface area contributed by atoms with E-state index in [0.717, 1.165) is 12.1 Å². The van der Waals surface area contributed by atoms with E-state index in [4.69, 9.17) is 22.6 Å². The highest BCUT2D eigenvalue weighted by Gasteiger charge is 2.38. The number of nitrogens with one attached hydrogen (secondary N) is 14. The molecule has 25 N–H and O–H groups in total. The van der Waals surface area contributed by atoms with Crippen LogP contribution in [0.5, 0.6) is 5.75 Å². The van der Waals surface area contributed by atoms with Crippen LogP contribution < -0.4 is 85.2 Å². The van der Waals surface area contributed by atoms with Gasteiger partial charge in [0.15, 0.2) is 5.96 Å². The number of carbonyl (C=O) groups is 15. The third kappa shape index (κ3) is 32.9. The normalized spacial score (nSPS) is 14.4. The van der Waals surface area contributed by atoms with Crippen molar-refractivity contribution < 1.29 is 109 Å². The molecule has 0 radical (unpaired) electrons. The number of hydrogen-bond acceptors (Lipinski definition) is 23. The summed E-state index contributed by atoms with van der Waals surface area (Å²) in [5.74, 6) is -19.5. The molecule has 12 amide bonds. The van der Waals surface area contributed by atoms with Gasteiger partial charge in [0.1, 0.15) is 66.2 Å². The second-order valence-corrected chi connectivity index (χ2v) is 28.3. The number of amides is 12. The highest BCUT2D eigenvalue weighted by molar-refractivity contribution is 7.98. The molecule has 12 atom stereocenters. The lowest BCUT2D eigenvalue weighted by Crippen LogP contribution is -2.61. The minimum absolute atomic E-state index is 0.0884. The number of aliphatic hydroxyl groups is 1. The van der Waals surface area contributed by atoms with Crippen LogP contribution >= 0.6 is 23.5 Å². The van der Waals surface area contributed by atoms with E-state index >= 15 is 0 Å². The average Bonchev–Trinajstić information content (AvgIpc) is 1.70. The summed E-state index contributed by atoms with van der Waals surface area (Å²) in [6, 6.07) is 1.02. The molecule has 0 aliphatic carbocycles. The van der Waals surface area contributed by atoms with Crippen molar-refractivity contribution in [2.45, 2.75) is 151 Å². The number of thioether (sulfide) groups is 2. The predicted octanol–water partition coefficient (Wildman–Crippen LogP) is -4.61. The molecule has 4 aromatic rings. The highest BCUT2D eigenvalue weighted by Crippen LogP contribution is 2.21. The Hall–Kier alpha value is -11.2. The van der Waals surface area contributed by atoms with Crippen molar-refractivity contribution in [2.24, 2.45) is 23.1 Å². The Labute approximate surface area is 645 Å². The van der Waals surface area contributed by atoms with Gasteiger partial charge in [-0.1, -0.05) is 80.9 Å². The number of fused-ring (bicyclic) bond motifs is 1. The Morgan fingerprint density at radius 3 is 1.41 bits per heavy atom. The molecule has 111 heavy (non-hydrogen) atoms. The summed E-state index contributed by atoms with van der Waals surface area (Å²) < 4.78 is 36.9. The minimum atomic E-state index is -5.06. The number of carbonyl (C=O) groups excluding carboxylic acids is 12. The fourth-order valence-corrected chi connectivity index (χ4v) is 12.0. The molecule has 0 saturated heterocycles. The fourth-order valence-electron chi connectivity index (χ4n) is 10.7. The van der Waals surface area contributed by atoms with Gasteiger partial charge >= 0.3 is 28.3 Å². The van der Waals surface area contributed by atoms with Gasteiger partial charge in [0.25, 0.3) is 0 Å². The van der Waals surface area contributed by atoms with Crippen molar-refractivity contribution >= 4 is 140 Å². The van der Waals surface area contributed by atoms with E-state index in [1.807, 2.05) is 0 Å². The van der Waals surface area contributed by atoms with E-state index in [1.165, 1.54) is 35.7 Å². The van der Waals surface area contributed by atoms with Crippen LogP contribution in [0.15, 0.2) is 85.1 Å². The summed E-state index contributed by atoms with van der Waals surface area (Å²) >= 11 is 2.46. The van der Waals surface area contributed by atoms with E-state index in [0.29, 0.717) is 28.5 Å². The van der Waals surface area contributed by atoms with E-state index in [2.05, 4.69) is 73.0 Å². The summed E-state index contributed by atoms with van der Waals surface area (Å²) in [5, 5.41) is 76.3. The number of H-pyrrole nitrogens is 1. The molecule has 0 saturated carbocycles. The first kappa shape index (κ1) is 92.2. The lowest BCUT2D eigenvalue weighted by atomic mass is 9.99. The van der Waals surface area contributed by atoms with Gasteiger partial charge in [0.05, 0.1) is 38.5 Å². The predicted molar refractivity (Wildman–Crippen MR) is 402 cm³/mol. The number of benzene rings is 3. The van der Waals surface area contributed by atoms with Gasteiger partial charge in [-0.2, -0.15) is 31.9 Å². The van der Waals surface area contributed by atoms with Gasteiger partial charge in [0, 0.05) is 42.9 Å². The summed E-state index contributed by atoms with van der Waals surface area (Å²) in [6.07, 6.45) is 0.104. The molecule has 4 rings (SSSR count). The van der Waals surface area contributed by atoms with E-state index < -0.39 is 229 Å². The number of hydrogen-bond donors (Lipinski definition) is 22. The molecular formula is C68H95N17O23S3. The summed E-state index contributed by atoms with van der Waals surface area (Å²) in [5.41, 5.74) is 18.8. The standard InChI is InChI=1S/C68H95N17O23S3/c1-5-35(2)56(69)67(104)85-51(34-86)66(103)84-48(29-53(88)89)63(100)77-42(16-11-23-73-68(71)72)59(96)82-50(31-55(92)93)65(102)81-46(27-37-17-19-39(20-18-37)108-111(105,106)107)61(98)78-43(21-24-109-3)58(95)75-33-52(87)76-47(28-38-32-74-41-15-10-9-14-40(38)41)62(99)79-44(22-25-110-4)60(97)83-49(30-54(90)91)64(101)80-45(57(70)94)26-36-12-7-6-8-13-36/h6-10,12-15,17-20,32,35,42-51,56,74,86H,5,11,16,21-31,33-34,69H2,1-4H3,(H2,70,94)(H,75,95)(H,76,87)(H,77,100)(H,78,98)(H,79,99)(H,80,101)(H,81,102)(H,82,96)(H,83,97)(H,84,103)(H,85,104)(H,88,89)(H,90,91)(H,92,93)(H4,71,72,73)(H,105,106,107)/t35-,42-,43-,44-,45-,46-,47-,48-,49-,50-,51-,56-/m0/s1. The first-order valence-electron chi connectivity index (χ1n) is 34.5. The molecule has 40 nitrogen and oxygen atoms in total. The molecule has 608 valence electrons. The number of primary amides is 1. The number of aliphatic carboxylic acids is 3. The number of aromatic nitrogens is 1. The fraction of sp³-hybridized carbons (Fsp3) is 0.471. The van der Waals surface area contributed by atoms with Crippen molar-refractivity contribution in [1.82, 2.24) is 68.8 Å². The number of rotatable bonds is 50. The molecular weight excluding hydrogens is 1520 g/mol. The van der Waals surface area contributed by atoms with Gasteiger partial charge in [-0.05, 0) is 90.5 Å². The first-order chi connectivity index (χ1) is 52.4. The van der Waals surface area contributed by atoms with Crippen LogP contribution in [-0.2, 0) is 102 Å². The topological polar surface area (TPSA) is 663 Å². The van der Waals surface area contributed by atoms with Crippen molar-refractivity contribution in [3.8, 4) is 5.75 Å². The molecule has 3 aromatic carbocycles. The Kier molecular flexibility index (Phi) is 38.5. The summed E-state index contributed by atoms with van der Waals surface area (Å²) in [4.78, 5) is 207. The maximum atomic E-state index is 14.7. The zero-order valence-electron chi connectivity index (χ0n) is 60.9. The number of carboxylic acids is 3. The van der Waals surface area contributed by atoms with Crippen molar-refractivity contribution in [3.05, 3.63) is 102 Å². The highest BCUT2D eigenvalue weighted by atomic mass is 32.3. The lowest BCUT2D eigenvalue weighted by molar-refractivity contribution is -0.142. The zero-order valence-corrected chi connectivity index (χ0v) is 63.3. The Morgan fingerprint density at radius 1 is 0.514 bits per heavy atom. The van der Waals surface area contributed by atoms with Crippen LogP contribution in [0.1, 0.15) is 81.9 Å². The second kappa shape index (κ2) is 46.4. The molecule has 0 bridgehead atoms. The van der Waals surface area contributed by atoms with E-state index in [1.54, 1.807) is 87.2 Å². The third-order valence-electron chi connectivity index (χ3n) is 16.8. The monoisotopic (exact) mass is 1610 g/mol. The van der Waals surface area contributed by atoms with Crippen LogP contribution in [0.2, 0.25) is 0 Å². The van der Waals surface area contributed by atoms with Crippen LogP contribution in [0.3, 0.4) is 0 Å². The Morgan fingerprint density at radius 2 is 0.928 bits per heavy atom. The van der Waals surface area contributed by atoms with Crippen molar-refractivity contribution in [2.75, 3.05) is 43.7 Å². The quantitative estimate of drug-likeness (QED) is 0.00856. The smallest absolute Gasteiger partial charge is 0.446 e. The number of carboxylic acid groups (broad SMARTS) is 3. The van der Waals surface area contributed by atoms with Crippen LogP contribution in [0.4, 0.5) is 0 Å². The lowest BCUT2D eigenvalue weighted by Gasteiger charge is -2.27. The maximum absolute atomic E-state index is 14.7. The SMILES string of the molecule is CC[C@H](C)[C@H](N)C(=O)N[C@@H](CO)C(=O)N[C@@H](CC(=O)O)C(=O)N[C@@H](CCCNC(=N)N)C(=O)N[C@@H](CC(=O)O)C(=O)N[C@@H](Cc1ccc(OS(=O)(=O)O)cc1)C(=O)N[C@@H](CCSC)C(=O)NCC(=O)N[C@@H](Cc1c[nH]c2ccccc12)C(=O)N[C@@H](CCSC)C(=O)N[C@@H](CC(=O)O)C(=O)N[C@@H](Cc1ccccc1)C(N)=O. The third-order valence-corrected chi connectivity index (χ3v) is 18.5. The maximum Gasteiger partial charge on any atom is 0.446 e. The molecule has 0 aliphatic rings. The number of guanidine groups is 1. The largest absolute Gasteiger partial charge is 0.481 e. The summed E-state index contributed by atoms with van der Waals surface area (Å²) in [6.45, 7) is 1.26. The molecule has 0 spiro atoms. The molecule has 1 heterocycles. The van der Waals surface area contributed by atoms with Crippen LogP contribution in [0, 0.1) is 11.3 Å². The van der Waals surface area contributed by atoms with E-state index in [-0.39, 0.29) is 55.7 Å². The van der Waals surface area contributed by atoms with Crippen molar-refractivity contribution in [3.63, 3.8) is 0 Å². The first-order valence-corrected chi connectivity index (χ1v) is 38.6. The number of aromatic amines is 1. The molecule has 0 fully saturated rings. The molecule has 0 aliphatic heterocycles. The summed E-state index contributed by atoms with van der Waals surface area (Å²) in [7, 11) is -5.06. The Balaban J connectivity index is 1.66. The van der Waals surface area contributed by atoms with E-state index in [9.17, 15) is 105 Å². The van der Waals surface area contributed by atoms with Gasteiger partial charge in [-0.25, -0.2) is 0 Å². The second-order valence-electron chi connectivity index (χ2n) is 25.3. The average molecular weight is 1610 g/mol. The van der Waals surface area contributed by atoms with Gasteiger partial charge in [-0.15, -0.1) is 0 Å². The van der Waals surface area contributed by atoms with Crippen LogP contribution in [0.25, 0.3) is 10.9 Å². The van der Waals surface area contributed by atoms with Crippen LogP contribution in [-0.4, -0.2) is 243 Å².